The van der Waals surface area contributed by atoms with Crippen molar-refractivity contribution in [1.82, 2.24) is 0 Å². The van der Waals surface area contributed by atoms with E-state index in [-0.39, 0.29) is 12.0 Å². The van der Waals surface area contributed by atoms with E-state index in [4.69, 9.17) is 9.15 Å². The Kier molecular flexibility index (Phi) is 7.15. The molecule has 0 amide bonds. The molecule has 10 aromatic rings. The highest BCUT2D eigenvalue weighted by molar-refractivity contribution is 6.30. The third-order valence-electron chi connectivity index (χ3n) is 12.4. The molecular weight excluding hydrogens is 709 g/mol. The second kappa shape index (κ2) is 12.6. The topological polar surface area (TPSA) is 28.9 Å². The molecule has 0 N–H and O–H groups in total. The fourth-order valence-electron chi connectivity index (χ4n) is 9.82. The molecule has 1 aliphatic carbocycles. The zero-order valence-corrected chi connectivity index (χ0v) is 32.2. The molecule has 0 saturated heterocycles. The second-order valence-corrected chi connectivity index (χ2v) is 15.7. The normalized spacial score (nSPS) is 15.8. The van der Waals surface area contributed by atoms with Crippen LogP contribution in [0, 0.1) is 13.8 Å². The molecule has 58 heavy (non-hydrogen) atoms. The molecule has 4 nitrogen and oxygen atoms in total. The molecule has 2 atom stereocenters. The summed E-state index contributed by atoms with van der Waals surface area (Å²) in [5.74, 6) is 1.08. The van der Waals surface area contributed by atoms with Gasteiger partial charge in [0.15, 0.2) is 5.58 Å². The van der Waals surface area contributed by atoms with Gasteiger partial charge in [0.1, 0.15) is 17.4 Å². The molecule has 0 radical (unpaired) electrons. The van der Waals surface area contributed by atoms with Crippen LogP contribution in [-0.2, 0) is 0 Å². The number of hydrogen-bond acceptors (Lipinski definition) is 4. The Morgan fingerprint density at radius 2 is 1.02 bits per heavy atom. The van der Waals surface area contributed by atoms with Crippen LogP contribution in [0.5, 0.6) is 5.75 Å². The minimum Gasteiger partial charge on any atom is -0.483 e. The number of hydrogen-bond donors (Lipinski definition) is 0. The molecule has 276 valence electrons. The second-order valence-electron chi connectivity index (χ2n) is 15.7. The van der Waals surface area contributed by atoms with Gasteiger partial charge in [-0.05, 0) is 95.7 Å². The SMILES string of the molecule is Cc1cc(C)c2ccc3c(N(c4ccccc4)c4cccc5c4oc4ccccc45)cc(N(c4ccccc4)c4cccc5c4OC4C=CC=CC54)c4ccc1c2c43. The fourth-order valence-corrected chi connectivity index (χ4v) is 9.82. The van der Waals surface area contributed by atoms with Crippen molar-refractivity contribution >= 4 is 88.4 Å². The first kappa shape index (κ1) is 32.9. The van der Waals surface area contributed by atoms with Crippen LogP contribution < -0.4 is 14.5 Å². The van der Waals surface area contributed by atoms with Crippen molar-refractivity contribution in [2.24, 2.45) is 0 Å². The van der Waals surface area contributed by atoms with Crippen LogP contribution in [0.3, 0.4) is 0 Å². The molecule has 2 unspecified atom stereocenters. The standard InChI is InChI=1S/C54H38N2O2/c1-33-31-34(2)38-28-30-44-48(56(36-17-7-4-8-18-36)46-24-14-22-42-40-20-10-12-26-50(40)58-54(42)46)32-47(43-29-27-37(33)51(38)52(43)44)55(35-15-5-3-6-16-35)45-23-13-21-41-39-19-9-11-25-49(39)57-53(41)45/h3-32,39,49H,1-2H3. The van der Waals surface area contributed by atoms with Gasteiger partial charge in [-0.1, -0.05) is 127 Å². The number of para-hydroxylation sites is 5. The van der Waals surface area contributed by atoms with Crippen LogP contribution in [0.25, 0.3) is 54.3 Å². The average molecular weight is 747 g/mol. The number of benzene rings is 9. The summed E-state index contributed by atoms with van der Waals surface area (Å²) in [4.78, 5) is 4.82. The number of rotatable bonds is 6. The van der Waals surface area contributed by atoms with Gasteiger partial charge in [0, 0.05) is 49.8 Å². The Labute approximate surface area is 336 Å². The van der Waals surface area contributed by atoms with E-state index in [0.29, 0.717) is 0 Å². The summed E-state index contributed by atoms with van der Waals surface area (Å²) >= 11 is 0. The van der Waals surface area contributed by atoms with Gasteiger partial charge in [0.2, 0.25) is 0 Å². The monoisotopic (exact) mass is 746 g/mol. The predicted molar refractivity (Wildman–Crippen MR) is 242 cm³/mol. The highest BCUT2D eigenvalue weighted by Gasteiger charge is 2.36. The van der Waals surface area contributed by atoms with Crippen molar-refractivity contribution in [1.29, 1.82) is 0 Å². The molecule has 0 spiro atoms. The summed E-state index contributed by atoms with van der Waals surface area (Å²) in [5.41, 5.74) is 11.7. The van der Waals surface area contributed by atoms with Gasteiger partial charge in [-0.3, -0.25) is 0 Å². The fraction of sp³-hybridized carbons (Fsp3) is 0.0741. The lowest BCUT2D eigenvalue weighted by atomic mass is 9.88. The van der Waals surface area contributed by atoms with Crippen molar-refractivity contribution in [3.63, 3.8) is 0 Å². The first-order chi connectivity index (χ1) is 28.6. The first-order valence-corrected chi connectivity index (χ1v) is 20.1. The highest BCUT2D eigenvalue weighted by atomic mass is 16.5. The van der Waals surface area contributed by atoms with Crippen LogP contribution in [-0.4, -0.2) is 6.10 Å². The van der Waals surface area contributed by atoms with Crippen molar-refractivity contribution in [2.45, 2.75) is 25.9 Å². The van der Waals surface area contributed by atoms with Gasteiger partial charge in [0.05, 0.1) is 22.7 Å². The van der Waals surface area contributed by atoms with Crippen LogP contribution in [0.15, 0.2) is 186 Å². The Balaban J connectivity index is 1.23. The van der Waals surface area contributed by atoms with Gasteiger partial charge in [-0.25, -0.2) is 0 Å². The predicted octanol–water partition coefficient (Wildman–Crippen LogP) is 15.0. The first-order valence-electron chi connectivity index (χ1n) is 20.1. The Morgan fingerprint density at radius 1 is 0.448 bits per heavy atom. The van der Waals surface area contributed by atoms with Crippen molar-refractivity contribution in [3.8, 4) is 5.75 Å². The molecule has 1 aromatic heterocycles. The molecule has 12 rings (SSSR count). The van der Waals surface area contributed by atoms with Crippen molar-refractivity contribution < 1.29 is 9.15 Å². The van der Waals surface area contributed by atoms with E-state index >= 15 is 0 Å². The van der Waals surface area contributed by atoms with Gasteiger partial charge in [-0.2, -0.15) is 0 Å². The summed E-state index contributed by atoms with van der Waals surface area (Å²) in [5, 5.41) is 9.60. The van der Waals surface area contributed by atoms with E-state index in [1.165, 1.54) is 49.0 Å². The lowest BCUT2D eigenvalue weighted by molar-refractivity contribution is 0.269. The molecule has 0 bridgehead atoms. The number of ether oxygens (including phenoxy) is 1. The van der Waals surface area contributed by atoms with Crippen LogP contribution >= 0.6 is 0 Å². The molecule has 1 aliphatic heterocycles. The lowest BCUT2D eigenvalue weighted by Gasteiger charge is -2.33. The van der Waals surface area contributed by atoms with Crippen molar-refractivity contribution in [3.05, 3.63) is 199 Å². The Morgan fingerprint density at radius 3 is 1.74 bits per heavy atom. The molecule has 0 saturated carbocycles. The zero-order valence-electron chi connectivity index (χ0n) is 32.2. The van der Waals surface area contributed by atoms with E-state index < -0.39 is 0 Å². The third kappa shape index (κ3) is 4.75. The highest BCUT2D eigenvalue weighted by Crippen LogP contribution is 2.55. The van der Waals surface area contributed by atoms with Crippen LogP contribution in [0.4, 0.5) is 34.1 Å². The number of anilines is 6. The summed E-state index contributed by atoms with van der Waals surface area (Å²) < 4.78 is 13.7. The minimum atomic E-state index is -0.0421. The number of fused-ring (bicyclic) bond motifs is 6. The zero-order chi connectivity index (χ0) is 38.5. The number of nitrogens with zero attached hydrogens (tertiary/aromatic N) is 2. The van der Waals surface area contributed by atoms with Gasteiger partial charge >= 0.3 is 0 Å². The minimum absolute atomic E-state index is 0.0421. The molecule has 2 aliphatic rings. The largest absolute Gasteiger partial charge is 0.483 e. The van der Waals surface area contributed by atoms with Gasteiger partial charge < -0.3 is 19.0 Å². The molecule has 9 aromatic carbocycles. The summed E-state index contributed by atoms with van der Waals surface area (Å²) in [6.07, 6.45) is 8.64. The number of allylic oxidation sites excluding steroid dienone is 2. The Bertz CT molecular complexity index is 3280. The molecule has 0 fully saturated rings. The maximum absolute atomic E-state index is 6.91. The third-order valence-corrected chi connectivity index (χ3v) is 12.4. The van der Waals surface area contributed by atoms with E-state index in [0.717, 1.165) is 61.8 Å². The summed E-state index contributed by atoms with van der Waals surface area (Å²) in [6, 6.07) is 57.0. The smallest absolute Gasteiger partial charge is 0.159 e. The maximum Gasteiger partial charge on any atom is 0.159 e. The molecule has 2 heterocycles. The summed E-state index contributed by atoms with van der Waals surface area (Å²) in [6.45, 7) is 4.48. The van der Waals surface area contributed by atoms with Crippen LogP contribution in [0.1, 0.15) is 22.6 Å². The average Bonchev–Trinajstić information content (AvgIpc) is 3.85. The summed E-state index contributed by atoms with van der Waals surface area (Å²) in [7, 11) is 0. The van der Waals surface area contributed by atoms with Crippen LogP contribution in [0.2, 0.25) is 0 Å². The number of furan rings is 1. The van der Waals surface area contributed by atoms with Crippen molar-refractivity contribution in [2.75, 3.05) is 9.80 Å². The Hall–Kier alpha value is -7.30. The quantitative estimate of drug-likeness (QED) is 0.158. The van der Waals surface area contributed by atoms with Gasteiger partial charge in [-0.15, -0.1) is 0 Å². The van der Waals surface area contributed by atoms with E-state index in [2.05, 4.69) is 200 Å². The molecule has 4 heteroatoms. The van der Waals surface area contributed by atoms with E-state index in [9.17, 15) is 0 Å². The van der Waals surface area contributed by atoms with Gasteiger partial charge in [0.25, 0.3) is 0 Å². The maximum atomic E-state index is 6.91. The van der Waals surface area contributed by atoms with E-state index in [1.807, 2.05) is 6.07 Å². The number of aryl methyl sites for hydroxylation is 2. The lowest BCUT2D eigenvalue weighted by Crippen LogP contribution is -2.17. The molecular formula is C54H38N2O2. The van der Waals surface area contributed by atoms with E-state index in [1.54, 1.807) is 0 Å².